The van der Waals surface area contributed by atoms with Crippen molar-refractivity contribution in [3.63, 3.8) is 0 Å². The fraction of sp³-hybridized carbons (Fsp3) is 0.209. The number of fused-ring (bicyclic) bond motifs is 9. The summed E-state index contributed by atoms with van der Waals surface area (Å²) in [6.07, 6.45) is 10.5. The molecule has 2 aliphatic carbocycles. The maximum Gasteiger partial charge on any atom is 0.0555 e. The minimum Gasteiger partial charge on any atom is -0.309 e. The summed E-state index contributed by atoms with van der Waals surface area (Å²) < 4.78 is 2.68. The van der Waals surface area contributed by atoms with Gasteiger partial charge in [0.15, 0.2) is 0 Å². The quantitative estimate of drug-likeness (QED) is 0.187. The van der Waals surface area contributed by atoms with Gasteiger partial charge >= 0.3 is 0 Å². The Morgan fingerprint density at radius 3 is 2.22 bits per heavy atom. The number of anilines is 3. The monoisotopic (exact) mass is 631 g/mol. The van der Waals surface area contributed by atoms with Gasteiger partial charge in [0.05, 0.1) is 11.4 Å². The van der Waals surface area contributed by atoms with Gasteiger partial charge in [0, 0.05) is 41.0 Å². The van der Waals surface area contributed by atoms with Crippen molar-refractivity contribution in [2.24, 2.45) is 11.8 Å². The molecule has 1 aromatic heterocycles. The van der Waals surface area contributed by atoms with E-state index < -0.39 is 10.0 Å². The lowest BCUT2D eigenvalue weighted by molar-refractivity contribution is 0.422. The molecule has 2 heterocycles. The first kappa shape index (κ1) is 27.1. The molecule has 2 saturated carbocycles. The van der Waals surface area contributed by atoms with E-state index in [4.69, 9.17) is 0 Å². The van der Waals surface area contributed by atoms with E-state index in [1.807, 2.05) is 11.3 Å². The van der Waals surface area contributed by atoms with Crippen LogP contribution in [0.15, 0.2) is 131 Å². The second kappa shape index (κ2) is 9.97. The largest absolute Gasteiger partial charge is 0.309 e. The van der Waals surface area contributed by atoms with Gasteiger partial charge in [-0.15, -0.1) is 11.3 Å². The fourth-order valence-electron chi connectivity index (χ4n) is 9.37. The van der Waals surface area contributed by atoms with Crippen molar-refractivity contribution in [1.82, 2.24) is 0 Å². The van der Waals surface area contributed by atoms with E-state index in [1.165, 1.54) is 94.6 Å². The van der Waals surface area contributed by atoms with Crippen LogP contribution in [0.5, 0.6) is 0 Å². The molecular weight excluding hydrogens is 595 g/mol. The van der Waals surface area contributed by atoms with Crippen LogP contribution >= 0.6 is 21.4 Å². The van der Waals surface area contributed by atoms with Crippen molar-refractivity contribution < 1.29 is 0 Å². The van der Waals surface area contributed by atoms with Crippen LogP contribution in [0.3, 0.4) is 0 Å². The highest BCUT2D eigenvalue weighted by atomic mass is 32.3. The molecule has 0 amide bonds. The van der Waals surface area contributed by atoms with Crippen molar-refractivity contribution in [3.05, 3.63) is 127 Å². The van der Waals surface area contributed by atoms with E-state index in [0.717, 1.165) is 11.8 Å². The lowest BCUT2D eigenvalue weighted by Crippen LogP contribution is -2.13. The standard InChI is InChI=1S/C43H37NS2/c1-46(2)41-17-8-6-12-33(41)36-26-29(20-23-42(36)46)44(38-14-9-16-40-43(38)34-13-5-7-15-39(34)45-40)37-22-21-31(30-10-3-4-11-32(30)37)35-25-27-18-19-28(35)24-27/h3-17,20-23,26-28,35H,18-19,24-25H2,1-2H3. The molecule has 3 aliphatic rings. The lowest BCUT2D eigenvalue weighted by Gasteiger charge is -2.31. The van der Waals surface area contributed by atoms with E-state index in [2.05, 4.69) is 139 Å². The predicted molar refractivity (Wildman–Crippen MR) is 201 cm³/mol. The van der Waals surface area contributed by atoms with Crippen LogP contribution in [0, 0.1) is 11.8 Å². The first-order valence-electron chi connectivity index (χ1n) is 16.8. The first-order chi connectivity index (χ1) is 22.6. The van der Waals surface area contributed by atoms with Crippen LogP contribution in [-0.2, 0) is 0 Å². The summed E-state index contributed by atoms with van der Waals surface area (Å²) in [5.41, 5.74) is 8.11. The summed E-state index contributed by atoms with van der Waals surface area (Å²) >= 11 is 1.90. The summed E-state index contributed by atoms with van der Waals surface area (Å²) in [6.45, 7) is 0. The average molecular weight is 632 g/mol. The predicted octanol–water partition coefficient (Wildman–Crippen LogP) is 13.0. The van der Waals surface area contributed by atoms with Crippen LogP contribution in [-0.4, -0.2) is 12.5 Å². The van der Waals surface area contributed by atoms with Gasteiger partial charge in [-0.05, 0) is 120 Å². The van der Waals surface area contributed by atoms with Gasteiger partial charge in [-0.1, -0.05) is 79.2 Å². The Morgan fingerprint density at radius 1 is 0.609 bits per heavy atom. The Balaban J connectivity index is 1.25. The fourth-order valence-corrected chi connectivity index (χ4v) is 13.0. The SMILES string of the molecule is CS1(C)c2ccccc2-c2cc(N(c3ccc(C4CC5CCC4C5)c4ccccc34)c3cccc4sc5ccccc5c34)ccc21. The highest BCUT2D eigenvalue weighted by Gasteiger charge is 2.41. The molecule has 46 heavy (non-hydrogen) atoms. The highest BCUT2D eigenvalue weighted by Crippen LogP contribution is 2.67. The molecule has 226 valence electrons. The first-order valence-corrected chi connectivity index (χ1v) is 20.0. The molecule has 0 radical (unpaired) electrons. The number of rotatable bonds is 4. The summed E-state index contributed by atoms with van der Waals surface area (Å²) in [5, 5.41) is 5.47. The van der Waals surface area contributed by atoms with E-state index >= 15 is 0 Å². The Morgan fingerprint density at radius 2 is 1.37 bits per heavy atom. The van der Waals surface area contributed by atoms with E-state index in [0.29, 0.717) is 5.92 Å². The molecule has 1 nitrogen and oxygen atoms in total. The Labute approximate surface area is 276 Å². The normalized spacial score (nSPS) is 21.6. The Kier molecular flexibility index (Phi) is 5.88. The van der Waals surface area contributed by atoms with Gasteiger partial charge < -0.3 is 4.90 Å². The second-order valence-electron chi connectivity index (χ2n) is 14.1. The van der Waals surface area contributed by atoms with E-state index in [9.17, 15) is 0 Å². The number of nitrogens with zero attached hydrogens (tertiary/aromatic N) is 1. The number of hydrogen-bond acceptors (Lipinski definition) is 2. The minimum absolute atomic E-state index is 0.692. The second-order valence-corrected chi connectivity index (χ2v) is 18.7. The third-order valence-electron chi connectivity index (χ3n) is 11.4. The molecule has 1 aliphatic heterocycles. The zero-order valence-electron chi connectivity index (χ0n) is 26.4. The molecule has 6 aromatic carbocycles. The molecule has 10 rings (SSSR count). The maximum atomic E-state index is 2.58. The number of benzene rings is 6. The molecule has 3 unspecified atom stereocenters. The van der Waals surface area contributed by atoms with Crippen LogP contribution in [0.25, 0.3) is 42.1 Å². The number of hydrogen-bond donors (Lipinski definition) is 0. The third kappa shape index (κ3) is 3.82. The van der Waals surface area contributed by atoms with Gasteiger partial charge in [0.25, 0.3) is 0 Å². The minimum atomic E-state index is -1.06. The topological polar surface area (TPSA) is 3.24 Å². The molecular formula is C43H37NS2. The van der Waals surface area contributed by atoms with Crippen LogP contribution in [0.1, 0.15) is 37.2 Å². The molecule has 0 spiro atoms. The van der Waals surface area contributed by atoms with Gasteiger partial charge in [0.2, 0.25) is 0 Å². The molecule has 3 atom stereocenters. The van der Waals surface area contributed by atoms with Gasteiger partial charge in [-0.25, -0.2) is 0 Å². The van der Waals surface area contributed by atoms with Crippen LogP contribution in [0.4, 0.5) is 17.1 Å². The van der Waals surface area contributed by atoms with Crippen LogP contribution in [0.2, 0.25) is 0 Å². The van der Waals surface area contributed by atoms with Crippen molar-refractivity contribution in [2.75, 3.05) is 17.4 Å². The molecule has 3 heteroatoms. The lowest BCUT2D eigenvalue weighted by atomic mass is 9.81. The van der Waals surface area contributed by atoms with E-state index in [1.54, 1.807) is 5.56 Å². The molecule has 0 N–H and O–H groups in total. The molecule has 2 bridgehead atoms. The molecule has 0 saturated heterocycles. The van der Waals surface area contributed by atoms with E-state index in [-0.39, 0.29) is 0 Å². The third-order valence-corrected chi connectivity index (χ3v) is 15.5. The van der Waals surface area contributed by atoms with Gasteiger partial charge in [0.1, 0.15) is 0 Å². The highest BCUT2D eigenvalue weighted by molar-refractivity contribution is 8.33. The van der Waals surface area contributed by atoms with Crippen molar-refractivity contribution >= 4 is 69.4 Å². The van der Waals surface area contributed by atoms with Crippen molar-refractivity contribution in [2.45, 2.75) is 41.4 Å². The zero-order chi connectivity index (χ0) is 30.6. The Bertz CT molecular complexity index is 2350. The Hall–Kier alpha value is -4.05. The van der Waals surface area contributed by atoms with Crippen LogP contribution < -0.4 is 4.90 Å². The van der Waals surface area contributed by atoms with Gasteiger partial charge in [-0.3, -0.25) is 0 Å². The summed E-state index contributed by atoms with van der Waals surface area (Å²) in [7, 11) is -1.06. The smallest absolute Gasteiger partial charge is 0.0555 e. The van der Waals surface area contributed by atoms with Crippen molar-refractivity contribution in [3.8, 4) is 11.1 Å². The maximum absolute atomic E-state index is 2.58. The number of thiophene rings is 1. The van der Waals surface area contributed by atoms with Crippen molar-refractivity contribution in [1.29, 1.82) is 0 Å². The average Bonchev–Trinajstić information content (AvgIpc) is 3.87. The molecule has 7 aromatic rings. The summed E-state index contributed by atoms with van der Waals surface area (Å²) in [6, 6.07) is 46.4. The van der Waals surface area contributed by atoms with Gasteiger partial charge in [-0.2, -0.15) is 10.0 Å². The molecule has 2 fully saturated rings. The zero-order valence-corrected chi connectivity index (χ0v) is 28.0. The summed E-state index contributed by atoms with van der Waals surface area (Å²) in [4.78, 5) is 5.58. The summed E-state index contributed by atoms with van der Waals surface area (Å²) in [5.74, 6) is 2.47.